The lowest BCUT2D eigenvalue weighted by Crippen LogP contribution is -2.31. The minimum atomic E-state index is -0.533. The Morgan fingerprint density at radius 3 is 2.12 bits per heavy atom. The number of aromatic nitrogens is 1. The van der Waals surface area contributed by atoms with Gasteiger partial charge in [0.2, 0.25) is 0 Å². The molecule has 1 atom stereocenters. The number of rotatable bonds is 7. The Morgan fingerprint density at radius 1 is 1.00 bits per heavy atom. The molecule has 3 aromatic rings. The maximum Gasteiger partial charge on any atom is 0.0843 e. The molecule has 0 aliphatic carbocycles. The smallest absolute Gasteiger partial charge is 0.0843 e. The van der Waals surface area contributed by atoms with Crippen molar-refractivity contribution in [3.63, 3.8) is 0 Å². The zero-order chi connectivity index (χ0) is 17.1. The van der Waals surface area contributed by atoms with Crippen molar-refractivity contribution >= 4 is 45.0 Å². The zero-order valence-electron chi connectivity index (χ0n) is 13.2. The van der Waals surface area contributed by atoms with Crippen LogP contribution in [-0.2, 0) is 6.54 Å². The van der Waals surface area contributed by atoms with Gasteiger partial charge in [-0.25, -0.2) is 0 Å². The van der Waals surface area contributed by atoms with E-state index in [2.05, 4.69) is 9.88 Å². The first-order valence-electron chi connectivity index (χ1n) is 7.97. The highest BCUT2D eigenvalue weighted by Crippen LogP contribution is 2.32. The van der Waals surface area contributed by atoms with Crippen LogP contribution in [0.25, 0.3) is 21.8 Å². The molecule has 6 heteroatoms. The predicted octanol–water partition coefficient (Wildman–Crippen LogP) is 3.43. The highest BCUT2D eigenvalue weighted by molar-refractivity contribution is 6.33. The highest BCUT2D eigenvalue weighted by atomic mass is 35.5. The fraction of sp³-hybridized carbons (Fsp3) is 0.333. The normalized spacial score (nSPS) is 13.0. The molecule has 0 saturated heterocycles. The third-order valence-electron chi connectivity index (χ3n) is 4.07. The van der Waals surface area contributed by atoms with Gasteiger partial charge in [-0.2, -0.15) is 0 Å². The maximum atomic E-state index is 10.4. The number of nitrogens with zero attached hydrogens (tertiary/aromatic N) is 1. The molecule has 4 nitrogen and oxygen atoms in total. The lowest BCUT2D eigenvalue weighted by Gasteiger charge is -2.14. The highest BCUT2D eigenvalue weighted by Gasteiger charge is 2.14. The van der Waals surface area contributed by atoms with Crippen LogP contribution in [0.2, 0.25) is 10.0 Å². The first-order valence-corrected chi connectivity index (χ1v) is 8.72. The van der Waals surface area contributed by atoms with Crippen LogP contribution >= 0.6 is 23.2 Å². The lowest BCUT2D eigenvalue weighted by atomic mass is 10.1. The Bertz CT molecular complexity index is 789. The van der Waals surface area contributed by atoms with Gasteiger partial charge in [-0.05, 0) is 49.4 Å². The minimum absolute atomic E-state index is 0.150. The van der Waals surface area contributed by atoms with Gasteiger partial charge in [-0.1, -0.05) is 23.2 Å². The number of hydrogen-bond acceptors (Lipinski definition) is 3. The Morgan fingerprint density at radius 2 is 1.58 bits per heavy atom. The van der Waals surface area contributed by atoms with Crippen molar-refractivity contribution in [2.45, 2.75) is 19.1 Å². The molecule has 1 heterocycles. The second kappa shape index (κ2) is 7.72. The second-order valence-corrected chi connectivity index (χ2v) is 6.74. The van der Waals surface area contributed by atoms with Crippen molar-refractivity contribution in [3.05, 3.63) is 46.4 Å². The zero-order valence-corrected chi connectivity index (χ0v) is 14.7. The Labute approximate surface area is 150 Å². The van der Waals surface area contributed by atoms with E-state index in [1.807, 2.05) is 36.4 Å². The van der Waals surface area contributed by atoms with Gasteiger partial charge < -0.3 is 20.1 Å². The maximum absolute atomic E-state index is 10.4. The van der Waals surface area contributed by atoms with E-state index in [4.69, 9.17) is 28.3 Å². The topological polar surface area (TPSA) is 57.4 Å². The van der Waals surface area contributed by atoms with Gasteiger partial charge in [0, 0.05) is 45.0 Å². The van der Waals surface area contributed by atoms with Crippen LogP contribution in [0.4, 0.5) is 0 Å². The number of halogens is 2. The molecule has 2 aromatic carbocycles. The number of aliphatic hydroxyl groups is 2. The molecule has 0 amide bonds. The summed E-state index contributed by atoms with van der Waals surface area (Å²) in [4.78, 5) is 0. The van der Waals surface area contributed by atoms with Gasteiger partial charge >= 0.3 is 0 Å². The molecule has 0 aliphatic heterocycles. The minimum Gasteiger partial charge on any atom is -0.396 e. The summed E-state index contributed by atoms with van der Waals surface area (Å²) >= 11 is 12.3. The molecule has 1 unspecified atom stereocenters. The van der Waals surface area contributed by atoms with Crippen molar-refractivity contribution in [2.75, 3.05) is 19.7 Å². The molecular weight excluding hydrogens is 347 g/mol. The van der Waals surface area contributed by atoms with Crippen molar-refractivity contribution in [2.24, 2.45) is 0 Å². The molecule has 0 spiro atoms. The van der Waals surface area contributed by atoms with Crippen LogP contribution in [0.15, 0.2) is 36.4 Å². The number of fused-ring (bicyclic) bond motifs is 3. The quantitative estimate of drug-likeness (QED) is 0.561. The standard InChI is InChI=1S/C18H20Cl2N2O2/c19-12-2-4-17-15(8-12)16-9-13(20)3-5-18(16)22(17)11-14(24)10-21-6-1-7-23/h2-5,8-9,14,21,23-24H,1,6-7,10-11H2. The van der Waals surface area contributed by atoms with Gasteiger partial charge in [-0.3, -0.25) is 0 Å². The molecule has 24 heavy (non-hydrogen) atoms. The Balaban J connectivity index is 1.93. The first kappa shape index (κ1) is 17.5. The molecule has 0 aliphatic rings. The van der Waals surface area contributed by atoms with Gasteiger partial charge in [0.1, 0.15) is 0 Å². The molecule has 0 saturated carbocycles. The van der Waals surface area contributed by atoms with E-state index in [1.54, 1.807) is 0 Å². The first-order chi connectivity index (χ1) is 11.6. The number of nitrogens with one attached hydrogen (secondary N) is 1. The molecule has 3 rings (SSSR count). The summed E-state index contributed by atoms with van der Waals surface area (Å²) < 4.78 is 2.09. The van der Waals surface area contributed by atoms with E-state index >= 15 is 0 Å². The molecule has 0 bridgehead atoms. The number of benzene rings is 2. The second-order valence-electron chi connectivity index (χ2n) is 5.87. The Kier molecular flexibility index (Phi) is 5.64. The van der Waals surface area contributed by atoms with E-state index in [0.717, 1.165) is 21.8 Å². The van der Waals surface area contributed by atoms with Crippen LogP contribution in [-0.4, -0.2) is 40.6 Å². The van der Waals surface area contributed by atoms with E-state index in [9.17, 15) is 5.11 Å². The van der Waals surface area contributed by atoms with Crippen molar-refractivity contribution in [3.8, 4) is 0 Å². The van der Waals surface area contributed by atoms with Crippen LogP contribution in [0.1, 0.15) is 6.42 Å². The van der Waals surface area contributed by atoms with Gasteiger partial charge in [0.25, 0.3) is 0 Å². The predicted molar refractivity (Wildman–Crippen MR) is 100 cm³/mol. The van der Waals surface area contributed by atoms with Crippen LogP contribution in [0.5, 0.6) is 0 Å². The molecule has 3 N–H and O–H groups in total. The molecule has 1 aromatic heterocycles. The molecular formula is C18H20Cl2N2O2. The van der Waals surface area contributed by atoms with E-state index in [0.29, 0.717) is 36.1 Å². The summed E-state index contributed by atoms with van der Waals surface area (Å²) in [5.74, 6) is 0. The summed E-state index contributed by atoms with van der Waals surface area (Å²) in [7, 11) is 0. The van der Waals surface area contributed by atoms with Crippen LogP contribution < -0.4 is 5.32 Å². The molecule has 128 valence electrons. The lowest BCUT2D eigenvalue weighted by molar-refractivity contribution is 0.153. The van der Waals surface area contributed by atoms with Crippen molar-refractivity contribution in [1.29, 1.82) is 0 Å². The van der Waals surface area contributed by atoms with E-state index in [1.165, 1.54) is 0 Å². The van der Waals surface area contributed by atoms with Crippen LogP contribution in [0, 0.1) is 0 Å². The monoisotopic (exact) mass is 366 g/mol. The third kappa shape index (κ3) is 3.68. The summed E-state index contributed by atoms with van der Waals surface area (Å²) in [5.41, 5.74) is 2.04. The largest absolute Gasteiger partial charge is 0.396 e. The molecule has 0 fully saturated rings. The van der Waals surface area contributed by atoms with Gasteiger partial charge in [-0.15, -0.1) is 0 Å². The fourth-order valence-electron chi connectivity index (χ4n) is 2.99. The average Bonchev–Trinajstić information content (AvgIpc) is 2.84. The van der Waals surface area contributed by atoms with E-state index < -0.39 is 6.10 Å². The van der Waals surface area contributed by atoms with Gasteiger partial charge in [0.05, 0.1) is 12.6 Å². The summed E-state index contributed by atoms with van der Waals surface area (Å²) in [5, 5.41) is 25.7. The average molecular weight is 367 g/mol. The Hall–Kier alpha value is -1.30. The number of aliphatic hydroxyl groups excluding tert-OH is 2. The fourth-order valence-corrected chi connectivity index (χ4v) is 3.34. The summed E-state index contributed by atoms with van der Waals surface area (Å²) in [6.45, 7) is 1.78. The molecule has 0 radical (unpaired) electrons. The van der Waals surface area contributed by atoms with Crippen molar-refractivity contribution < 1.29 is 10.2 Å². The SMILES string of the molecule is OCCCNCC(O)Cn1c2ccc(Cl)cc2c2cc(Cl)ccc21. The van der Waals surface area contributed by atoms with E-state index in [-0.39, 0.29) is 6.61 Å². The van der Waals surface area contributed by atoms with Crippen LogP contribution in [0.3, 0.4) is 0 Å². The summed E-state index contributed by atoms with van der Waals surface area (Å²) in [6, 6.07) is 11.5. The summed E-state index contributed by atoms with van der Waals surface area (Å²) in [6.07, 6.45) is 0.146. The van der Waals surface area contributed by atoms with Crippen molar-refractivity contribution in [1.82, 2.24) is 9.88 Å². The number of hydrogen-bond donors (Lipinski definition) is 3. The van der Waals surface area contributed by atoms with Gasteiger partial charge in [0.15, 0.2) is 0 Å². The third-order valence-corrected chi connectivity index (χ3v) is 4.54.